The summed E-state index contributed by atoms with van der Waals surface area (Å²) in [4.78, 5) is 5.53. The first-order valence-electron chi connectivity index (χ1n) is 4.75. The summed E-state index contributed by atoms with van der Waals surface area (Å²) in [5, 5.41) is 14.2. The first kappa shape index (κ1) is 10.5. The van der Waals surface area contributed by atoms with Crippen LogP contribution in [0.25, 0.3) is 0 Å². The summed E-state index contributed by atoms with van der Waals surface area (Å²) in [5.41, 5.74) is 0. The highest BCUT2D eigenvalue weighted by Crippen LogP contribution is 2.17. The van der Waals surface area contributed by atoms with Gasteiger partial charge in [0.2, 0.25) is 5.13 Å². The summed E-state index contributed by atoms with van der Waals surface area (Å²) >= 11 is 3.31. The smallest absolute Gasteiger partial charge is 0.205 e. The Hall–Kier alpha value is -1.01. The zero-order valence-corrected chi connectivity index (χ0v) is 10.3. The zero-order chi connectivity index (χ0) is 10.7. The van der Waals surface area contributed by atoms with Crippen molar-refractivity contribution in [2.24, 2.45) is 0 Å². The molecule has 80 valence electrons. The number of nitrogens with one attached hydrogen (secondary N) is 1. The van der Waals surface area contributed by atoms with Gasteiger partial charge in [-0.1, -0.05) is 18.3 Å². The Bertz CT molecular complexity index is 435. The third-order valence-electron chi connectivity index (χ3n) is 1.84. The van der Waals surface area contributed by atoms with Crippen LogP contribution in [0.15, 0.2) is 6.20 Å². The van der Waals surface area contributed by atoms with E-state index in [0.29, 0.717) is 0 Å². The van der Waals surface area contributed by atoms with E-state index in [1.54, 1.807) is 22.7 Å². The maximum atomic E-state index is 4.30. The molecular formula is C9H12N4S2. The molecule has 0 saturated heterocycles. The van der Waals surface area contributed by atoms with Crippen molar-refractivity contribution in [3.05, 3.63) is 21.1 Å². The normalized spacial score (nSPS) is 10.5. The monoisotopic (exact) mass is 240 g/mol. The maximum Gasteiger partial charge on any atom is 0.205 e. The number of hydrogen-bond acceptors (Lipinski definition) is 6. The number of thiazole rings is 1. The molecule has 1 N–H and O–H groups in total. The summed E-state index contributed by atoms with van der Waals surface area (Å²) < 4.78 is 0. The Morgan fingerprint density at radius 2 is 2.20 bits per heavy atom. The van der Waals surface area contributed by atoms with Gasteiger partial charge in [0.25, 0.3) is 0 Å². The molecule has 0 radical (unpaired) electrons. The fraction of sp³-hybridized carbons (Fsp3) is 0.444. The zero-order valence-electron chi connectivity index (χ0n) is 8.65. The Balaban J connectivity index is 1.93. The molecule has 2 rings (SSSR count). The molecule has 2 aromatic rings. The van der Waals surface area contributed by atoms with Crippen molar-refractivity contribution < 1.29 is 0 Å². The van der Waals surface area contributed by atoms with Crippen molar-refractivity contribution >= 4 is 27.8 Å². The van der Waals surface area contributed by atoms with E-state index in [-0.39, 0.29) is 0 Å². The van der Waals surface area contributed by atoms with E-state index in [1.807, 2.05) is 13.1 Å². The van der Waals surface area contributed by atoms with E-state index in [4.69, 9.17) is 0 Å². The van der Waals surface area contributed by atoms with Gasteiger partial charge in [-0.2, -0.15) is 0 Å². The number of anilines is 1. The first-order chi connectivity index (χ1) is 7.28. The number of nitrogens with zero attached hydrogens (tertiary/aromatic N) is 3. The summed E-state index contributed by atoms with van der Waals surface area (Å²) in [6, 6.07) is 0. The van der Waals surface area contributed by atoms with E-state index in [9.17, 15) is 0 Å². The fourth-order valence-corrected chi connectivity index (χ4v) is 2.51. The van der Waals surface area contributed by atoms with Gasteiger partial charge in [-0.3, -0.25) is 0 Å². The van der Waals surface area contributed by atoms with Crippen LogP contribution in [-0.2, 0) is 13.0 Å². The van der Waals surface area contributed by atoms with Gasteiger partial charge in [0.1, 0.15) is 5.01 Å². The second-order valence-corrected chi connectivity index (χ2v) is 5.44. The van der Waals surface area contributed by atoms with Crippen molar-refractivity contribution in [2.45, 2.75) is 26.8 Å². The molecule has 4 nitrogen and oxygen atoms in total. The van der Waals surface area contributed by atoms with E-state index in [1.165, 1.54) is 9.88 Å². The van der Waals surface area contributed by atoms with E-state index >= 15 is 0 Å². The Labute approximate surface area is 96.4 Å². The summed E-state index contributed by atoms with van der Waals surface area (Å²) in [5.74, 6) is 0. The summed E-state index contributed by atoms with van der Waals surface area (Å²) in [6.45, 7) is 4.85. The Morgan fingerprint density at radius 1 is 1.33 bits per heavy atom. The van der Waals surface area contributed by atoms with Crippen LogP contribution >= 0.6 is 22.7 Å². The van der Waals surface area contributed by atoms with Gasteiger partial charge in [-0.25, -0.2) is 4.98 Å². The van der Waals surface area contributed by atoms with Gasteiger partial charge in [0, 0.05) is 11.1 Å². The molecule has 6 heteroatoms. The van der Waals surface area contributed by atoms with E-state index in [0.717, 1.165) is 23.1 Å². The minimum Gasteiger partial charge on any atom is -0.355 e. The molecule has 0 saturated carbocycles. The second-order valence-electron chi connectivity index (χ2n) is 3.05. The molecule has 0 amide bonds. The predicted octanol–water partition coefficient (Wildman–Crippen LogP) is 2.48. The number of aromatic nitrogens is 3. The molecule has 0 fully saturated rings. The lowest BCUT2D eigenvalue weighted by Gasteiger charge is -1.96. The molecular weight excluding hydrogens is 228 g/mol. The average molecular weight is 240 g/mol. The Morgan fingerprint density at radius 3 is 2.80 bits per heavy atom. The maximum absolute atomic E-state index is 4.30. The number of aryl methyl sites for hydroxylation is 2. The standard InChI is InChI=1S/C9H12N4S2/c1-3-8-10-4-7(15-8)5-11-9-13-12-6(2)14-9/h4H,3,5H2,1-2H3,(H,11,13). The number of hydrogen-bond donors (Lipinski definition) is 1. The second kappa shape index (κ2) is 4.67. The van der Waals surface area contributed by atoms with Gasteiger partial charge < -0.3 is 5.32 Å². The highest BCUT2D eigenvalue weighted by molar-refractivity contribution is 7.15. The third kappa shape index (κ3) is 2.73. The van der Waals surface area contributed by atoms with Crippen LogP contribution in [-0.4, -0.2) is 15.2 Å². The van der Waals surface area contributed by atoms with E-state index in [2.05, 4.69) is 27.4 Å². The van der Waals surface area contributed by atoms with Crippen LogP contribution in [0.3, 0.4) is 0 Å². The quantitative estimate of drug-likeness (QED) is 0.892. The van der Waals surface area contributed by atoms with Crippen LogP contribution < -0.4 is 5.32 Å². The minimum absolute atomic E-state index is 0.784. The van der Waals surface area contributed by atoms with Gasteiger partial charge in [0.15, 0.2) is 0 Å². The van der Waals surface area contributed by atoms with Gasteiger partial charge in [-0.15, -0.1) is 21.5 Å². The van der Waals surface area contributed by atoms with Gasteiger partial charge in [-0.05, 0) is 13.3 Å². The molecule has 2 aromatic heterocycles. The van der Waals surface area contributed by atoms with Crippen molar-refractivity contribution in [2.75, 3.05) is 5.32 Å². The molecule has 15 heavy (non-hydrogen) atoms. The first-order valence-corrected chi connectivity index (χ1v) is 6.38. The minimum atomic E-state index is 0.784. The highest BCUT2D eigenvalue weighted by atomic mass is 32.1. The van der Waals surface area contributed by atoms with Crippen LogP contribution in [0, 0.1) is 6.92 Å². The lowest BCUT2D eigenvalue weighted by molar-refractivity contribution is 1.03. The third-order valence-corrected chi connectivity index (χ3v) is 3.78. The van der Waals surface area contributed by atoms with Crippen LogP contribution in [0.5, 0.6) is 0 Å². The number of rotatable bonds is 4. The van der Waals surface area contributed by atoms with Crippen molar-refractivity contribution in [3.63, 3.8) is 0 Å². The van der Waals surface area contributed by atoms with Crippen LogP contribution in [0.1, 0.15) is 21.8 Å². The Kier molecular flexibility index (Phi) is 3.27. The van der Waals surface area contributed by atoms with Gasteiger partial charge >= 0.3 is 0 Å². The largest absolute Gasteiger partial charge is 0.355 e. The molecule has 0 aliphatic heterocycles. The van der Waals surface area contributed by atoms with Gasteiger partial charge in [0.05, 0.1) is 11.6 Å². The molecule has 0 atom stereocenters. The molecule has 0 bridgehead atoms. The van der Waals surface area contributed by atoms with Crippen molar-refractivity contribution in [3.8, 4) is 0 Å². The van der Waals surface area contributed by atoms with E-state index < -0.39 is 0 Å². The molecule has 0 unspecified atom stereocenters. The summed E-state index contributed by atoms with van der Waals surface area (Å²) in [7, 11) is 0. The highest BCUT2D eigenvalue weighted by Gasteiger charge is 2.02. The van der Waals surface area contributed by atoms with Crippen molar-refractivity contribution in [1.82, 2.24) is 15.2 Å². The van der Waals surface area contributed by atoms with Crippen LogP contribution in [0.4, 0.5) is 5.13 Å². The average Bonchev–Trinajstić information content (AvgIpc) is 2.83. The lowest BCUT2D eigenvalue weighted by Crippen LogP contribution is -1.96. The topological polar surface area (TPSA) is 50.7 Å². The fourth-order valence-electron chi connectivity index (χ4n) is 1.12. The molecule has 2 heterocycles. The summed E-state index contributed by atoms with van der Waals surface area (Å²) in [6.07, 6.45) is 2.92. The van der Waals surface area contributed by atoms with Crippen molar-refractivity contribution in [1.29, 1.82) is 0 Å². The predicted molar refractivity (Wildman–Crippen MR) is 63.5 cm³/mol. The SMILES string of the molecule is CCc1ncc(CNc2nnc(C)s2)s1. The molecule has 0 spiro atoms. The molecule has 0 aliphatic carbocycles. The lowest BCUT2D eigenvalue weighted by atomic mass is 10.5. The van der Waals surface area contributed by atoms with Crippen LogP contribution in [0.2, 0.25) is 0 Å². The molecule has 0 aliphatic rings. The molecule has 0 aromatic carbocycles.